The topological polar surface area (TPSA) is 142 Å². The van der Waals surface area contributed by atoms with Crippen molar-refractivity contribution in [3.63, 3.8) is 0 Å². The molecule has 1 aliphatic heterocycles. The molecule has 9 nitrogen and oxygen atoms in total. The molecule has 1 saturated heterocycles. The van der Waals surface area contributed by atoms with Gasteiger partial charge in [0.05, 0.1) is 11.8 Å². The van der Waals surface area contributed by atoms with Gasteiger partial charge in [0.25, 0.3) is 5.91 Å². The first-order chi connectivity index (χ1) is 13.7. The largest absolute Gasteiger partial charge is 0.351 e. The molecule has 0 aliphatic carbocycles. The van der Waals surface area contributed by atoms with E-state index in [1.54, 1.807) is 30.3 Å². The number of hydrogen-bond acceptors (Lipinski definition) is 6. The summed E-state index contributed by atoms with van der Waals surface area (Å²) in [6, 6.07) is 7.71. The molecular formula is C18H23N5O4S2. The first-order valence-electron chi connectivity index (χ1n) is 9.01. The Morgan fingerprint density at radius 3 is 2.55 bits per heavy atom. The number of sulfonamides is 1. The number of thiophene rings is 1. The number of carbonyl (C=O) groups is 2. The Bertz CT molecular complexity index is 996. The molecule has 2 aromatic rings. The summed E-state index contributed by atoms with van der Waals surface area (Å²) in [5.41, 5.74) is 6.81. The molecule has 3 amide bonds. The van der Waals surface area contributed by atoms with E-state index in [2.05, 4.69) is 20.7 Å². The van der Waals surface area contributed by atoms with E-state index in [-0.39, 0.29) is 11.9 Å². The van der Waals surface area contributed by atoms with Crippen molar-refractivity contribution in [3.05, 3.63) is 35.9 Å². The minimum Gasteiger partial charge on any atom is -0.351 e. The van der Waals surface area contributed by atoms with Gasteiger partial charge in [0, 0.05) is 23.2 Å². The number of nitrogens with two attached hydrogens (primary N) is 1. The molecule has 0 spiro atoms. The van der Waals surface area contributed by atoms with Crippen molar-refractivity contribution in [2.24, 2.45) is 5.73 Å². The van der Waals surface area contributed by atoms with E-state index < -0.39 is 16.1 Å². The molecule has 3 rings (SSSR count). The highest BCUT2D eigenvalue weighted by atomic mass is 32.2. The fraction of sp³-hybridized carbons (Fsp3) is 0.333. The summed E-state index contributed by atoms with van der Waals surface area (Å²) in [7, 11) is -3.36. The van der Waals surface area contributed by atoms with Crippen LogP contribution >= 0.6 is 11.3 Å². The van der Waals surface area contributed by atoms with Crippen LogP contribution in [0.2, 0.25) is 0 Å². The average Bonchev–Trinajstić information content (AvgIpc) is 3.05. The van der Waals surface area contributed by atoms with Crippen molar-refractivity contribution >= 4 is 44.0 Å². The van der Waals surface area contributed by atoms with E-state index in [1.807, 2.05) is 0 Å². The van der Waals surface area contributed by atoms with Gasteiger partial charge in [-0.15, -0.1) is 11.3 Å². The van der Waals surface area contributed by atoms with Crippen LogP contribution in [0.3, 0.4) is 0 Å². The molecule has 1 aromatic carbocycles. The van der Waals surface area contributed by atoms with Gasteiger partial charge in [-0.25, -0.2) is 13.2 Å². The minimum absolute atomic E-state index is 0.0300. The van der Waals surface area contributed by atoms with Crippen molar-refractivity contribution < 1.29 is 18.0 Å². The standard InChI is InChI=1S/C18H23N5O4S2/c1-29(26,27)23-12-6-4-11(5-7-12)15-9-14(17(28-15)22-18(19)25)16(24)21-13-3-2-8-20-10-13/h4-7,9,13,20,23H,2-3,8,10H2,1H3,(H,21,24)(H3,19,22,25)/t13-/m0/s1. The van der Waals surface area contributed by atoms with E-state index in [1.165, 1.54) is 11.3 Å². The van der Waals surface area contributed by atoms with E-state index >= 15 is 0 Å². The highest BCUT2D eigenvalue weighted by molar-refractivity contribution is 7.92. The number of rotatable bonds is 6. The third-order valence-corrected chi connectivity index (χ3v) is 6.02. The van der Waals surface area contributed by atoms with Crippen LogP contribution in [0.15, 0.2) is 30.3 Å². The Balaban J connectivity index is 1.84. The van der Waals surface area contributed by atoms with Gasteiger partial charge in [0.2, 0.25) is 10.0 Å². The van der Waals surface area contributed by atoms with E-state index in [0.29, 0.717) is 22.8 Å². The van der Waals surface area contributed by atoms with Crippen LogP contribution in [0.4, 0.5) is 15.5 Å². The zero-order chi connectivity index (χ0) is 21.0. The Labute approximate surface area is 173 Å². The lowest BCUT2D eigenvalue weighted by Gasteiger charge is -2.23. The lowest BCUT2D eigenvalue weighted by Crippen LogP contribution is -2.45. The number of benzene rings is 1. The second-order valence-electron chi connectivity index (χ2n) is 6.81. The molecule has 1 aromatic heterocycles. The minimum atomic E-state index is -3.36. The first-order valence-corrected chi connectivity index (χ1v) is 11.7. The Kier molecular flexibility index (Phi) is 6.40. The van der Waals surface area contributed by atoms with Gasteiger partial charge >= 0.3 is 6.03 Å². The van der Waals surface area contributed by atoms with Gasteiger partial charge in [0.15, 0.2) is 0 Å². The van der Waals surface area contributed by atoms with Crippen LogP contribution in [0, 0.1) is 0 Å². The highest BCUT2D eigenvalue weighted by Crippen LogP contribution is 2.36. The van der Waals surface area contributed by atoms with E-state index in [0.717, 1.165) is 36.1 Å². The summed E-state index contributed by atoms with van der Waals surface area (Å²) >= 11 is 1.22. The van der Waals surface area contributed by atoms with Crippen molar-refractivity contribution in [1.29, 1.82) is 0 Å². The number of urea groups is 1. The lowest BCUT2D eigenvalue weighted by atomic mass is 10.1. The maximum Gasteiger partial charge on any atom is 0.317 e. The van der Waals surface area contributed by atoms with Crippen LogP contribution in [0.5, 0.6) is 0 Å². The molecule has 0 radical (unpaired) electrons. The number of nitrogens with one attached hydrogen (secondary N) is 4. The summed E-state index contributed by atoms with van der Waals surface area (Å²) in [4.78, 5) is 24.9. The van der Waals surface area contributed by atoms with Gasteiger partial charge < -0.3 is 16.4 Å². The summed E-state index contributed by atoms with van der Waals surface area (Å²) in [5, 5.41) is 9.11. The molecule has 11 heteroatoms. The number of carbonyl (C=O) groups excluding carboxylic acids is 2. The van der Waals surface area contributed by atoms with E-state index in [4.69, 9.17) is 5.73 Å². The summed E-state index contributed by atoms with van der Waals surface area (Å²) in [6.07, 6.45) is 2.96. The second kappa shape index (κ2) is 8.80. The zero-order valence-electron chi connectivity index (χ0n) is 15.8. The second-order valence-corrected chi connectivity index (χ2v) is 9.61. The molecule has 0 saturated carbocycles. The van der Waals surface area contributed by atoms with Crippen LogP contribution in [-0.4, -0.2) is 45.7 Å². The number of hydrogen-bond donors (Lipinski definition) is 5. The molecule has 6 N–H and O–H groups in total. The Morgan fingerprint density at radius 1 is 1.24 bits per heavy atom. The number of anilines is 2. The molecule has 0 bridgehead atoms. The van der Waals surface area contributed by atoms with Crippen LogP contribution in [-0.2, 0) is 10.0 Å². The number of piperidine rings is 1. The normalized spacial score (nSPS) is 16.8. The maximum atomic E-state index is 12.8. The fourth-order valence-corrected chi connectivity index (χ4v) is 4.69. The van der Waals surface area contributed by atoms with Crippen molar-refractivity contribution in [1.82, 2.24) is 10.6 Å². The third-order valence-electron chi connectivity index (χ3n) is 4.32. The van der Waals surface area contributed by atoms with Crippen molar-refractivity contribution in [2.75, 3.05) is 29.4 Å². The Morgan fingerprint density at radius 2 is 1.97 bits per heavy atom. The van der Waals surface area contributed by atoms with Crippen molar-refractivity contribution in [3.8, 4) is 10.4 Å². The third kappa shape index (κ3) is 5.92. The molecular weight excluding hydrogens is 414 g/mol. The molecule has 29 heavy (non-hydrogen) atoms. The molecule has 1 atom stereocenters. The van der Waals surface area contributed by atoms with Crippen LogP contribution < -0.4 is 26.4 Å². The molecule has 0 unspecified atom stereocenters. The molecule has 2 heterocycles. The quantitative estimate of drug-likeness (QED) is 0.468. The zero-order valence-corrected chi connectivity index (χ0v) is 17.5. The first kappa shape index (κ1) is 21.1. The molecule has 156 valence electrons. The number of primary amides is 1. The molecule has 1 fully saturated rings. The van der Waals surface area contributed by atoms with Gasteiger partial charge in [-0.3, -0.25) is 14.8 Å². The van der Waals surface area contributed by atoms with Gasteiger partial charge in [-0.1, -0.05) is 12.1 Å². The predicted octanol–water partition coefficient (Wildman–Crippen LogP) is 1.76. The lowest BCUT2D eigenvalue weighted by molar-refractivity contribution is 0.0932. The average molecular weight is 438 g/mol. The smallest absolute Gasteiger partial charge is 0.317 e. The van der Waals surface area contributed by atoms with Gasteiger partial charge in [-0.2, -0.15) is 0 Å². The summed E-state index contributed by atoms with van der Waals surface area (Å²) in [6.45, 7) is 1.64. The summed E-state index contributed by atoms with van der Waals surface area (Å²) < 4.78 is 25.1. The molecule has 1 aliphatic rings. The monoisotopic (exact) mass is 437 g/mol. The highest BCUT2D eigenvalue weighted by Gasteiger charge is 2.22. The summed E-state index contributed by atoms with van der Waals surface area (Å²) in [5.74, 6) is -0.277. The maximum absolute atomic E-state index is 12.8. The fourth-order valence-electron chi connectivity index (χ4n) is 3.06. The Hall–Kier alpha value is -2.63. The van der Waals surface area contributed by atoms with E-state index in [9.17, 15) is 18.0 Å². The van der Waals surface area contributed by atoms with Gasteiger partial charge in [0.1, 0.15) is 5.00 Å². The van der Waals surface area contributed by atoms with Crippen LogP contribution in [0.25, 0.3) is 10.4 Å². The van der Waals surface area contributed by atoms with Crippen LogP contribution in [0.1, 0.15) is 23.2 Å². The van der Waals surface area contributed by atoms with Gasteiger partial charge in [-0.05, 0) is 43.1 Å². The number of amides is 3. The predicted molar refractivity (Wildman–Crippen MR) is 115 cm³/mol. The van der Waals surface area contributed by atoms with Crippen molar-refractivity contribution in [2.45, 2.75) is 18.9 Å². The SMILES string of the molecule is CS(=O)(=O)Nc1ccc(-c2cc(C(=O)N[C@H]3CCCNC3)c(NC(N)=O)s2)cc1.